The molecule has 0 saturated carbocycles. The molecule has 0 aliphatic carbocycles. The molecule has 1 atom stereocenters. The van der Waals surface area contributed by atoms with Gasteiger partial charge in [0, 0.05) is 31.1 Å². The highest BCUT2D eigenvalue weighted by atomic mass is 16.2. The van der Waals surface area contributed by atoms with Gasteiger partial charge in [-0.2, -0.15) is 0 Å². The van der Waals surface area contributed by atoms with Crippen molar-refractivity contribution < 1.29 is 4.79 Å². The SMILES string of the molecule is CCN(C(=O)CCC(C)(C)N)C(C)CN(C)C. The molecule has 0 heterocycles. The van der Waals surface area contributed by atoms with Gasteiger partial charge < -0.3 is 15.5 Å². The van der Waals surface area contributed by atoms with Crippen LogP contribution in [0.2, 0.25) is 0 Å². The minimum Gasteiger partial charge on any atom is -0.339 e. The molecule has 0 bridgehead atoms. The largest absolute Gasteiger partial charge is 0.339 e. The monoisotopic (exact) mass is 243 g/mol. The third-order valence-electron chi connectivity index (χ3n) is 2.81. The van der Waals surface area contributed by atoms with E-state index in [4.69, 9.17) is 5.73 Å². The highest BCUT2D eigenvalue weighted by molar-refractivity contribution is 5.76. The number of likely N-dealkylation sites (N-methyl/N-ethyl adjacent to an activating group) is 2. The van der Waals surface area contributed by atoms with Crippen molar-refractivity contribution in [2.45, 2.75) is 52.1 Å². The second-order valence-corrected chi connectivity index (χ2v) is 5.78. The highest BCUT2D eigenvalue weighted by Crippen LogP contribution is 2.11. The van der Waals surface area contributed by atoms with E-state index in [1.807, 2.05) is 39.8 Å². The first-order valence-corrected chi connectivity index (χ1v) is 6.40. The molecule has 102 valence electrons. The molecule has 0 aliphatic rings. The van der Waals surface area contributed by atoms with E-state index in [9.17, 15) is 4.79 Å². The summed E-state index contributed by atoms with van der Waals surface area (Å²) in [6.07, 6.45) is 1.27. The minimum absolute atomic E-state index is 0.209. The second kappa shape index (κ2) is 6.97. The van der Waals surface area contributed by atoms with Crippen molar-refractivity contribution in [1.29, 1.82) is 0 Å². The average molecular weight is 243 g/mol. The lowest BCUT2D eigenvalue weighted by atomic mass is 9.99. The fraction of sp³-hybridized carbons (Fsp3) is 0.923. The molecule has 0 fully saturated rings. The fourth-order valence-electron chi connectivity index (χ4n) is 1.93. The van der Waals surface area contributed by atoms with Gasteiger partial charge in [0.2, 0.25) is 5.91 Å². The van der Waals surface area contributed by atoms with Crippen LogP contribution in [0.1, 0.15) is 40.5 Å². The summed E-state index contributed by atoms with van der Waals surface area (Å²) >= 11 is 0. The lowest BCUT2D eigenvalue weighted by Gasteiger charge is -2.31. The molecular formula is C13H29N3O. The summed E-state index contributed by atoms with van der Waals surface area (Å²) in [7, 11) is 4.05. The van der Waals surface area contributed by atoms with Gasteiger partial charge in [0.05, 0.1) is 0 Å². The molecule has 0 aliphatic heterocycles. The van der Waals surface area contributed by atoms with Crippen LogP contribution in [0, 0.1) is 0 Å². The summed E-state index contributed by atoms with van der Waals surface area (Å²) in [5, 5.41) is 0. The molecule has 0 aromatic heterocycles. The van der Waals surface area contributed by atoms with Crippen LogP contribution in [-0.2, 0) is 4.79 Å². The summed E-state index contributed by atoms with van der Waals surface area (Å²) in [6, 6.07) is 0.253. The lowest BCUT2D eigenvalue weighted by molar-refractivity contribution is -0.133. The number of amides is 1. The van der Waals surface area contributed by atoms with E-state index >= 15 is 0 Å². The van der Waals surface area contributed by atoms with Gasteiger partial charge in [-0.3, -0.25) is 4.79 Å². The number of carbonyl (C=O) groups excluding carboxylic acids is 1. The predicted molar refractivity (Wildman–Crippen MR) is 72.9 cm³/mol. The normalized spacial score (nSPS) is 13.9. The maximum atomic E-state index is 12.1. The lowest BCUT2D eigenvalue weighted by Crippen LogP contribution is -2.44. The Labute approximate surface area is 106 Å². The molecular weight excluding hydrogens is 214 g/mol. The van der Waals surface area contributed by atoms with Crippen molar-refractivity contribution in [3.63, 3.8) is 0 Å². The Morgan fingerprint density at radius 2 is 1.88 bits per heavy atom. The standard InChI is InChI=1S/C13H29N3O/c1-7-16(11(2)10-15(5)6)12(17)8-9-13(3,4)14/h11H,7-10,14H2,1-6H3. The van der Waals surface area contributed by atoms with Crippen LogP contribution in [0.5, 0.6) is 0 Å². The zero-order valence-corrected chi connectivity index (χ0v) is 12.3. The summed E-state index contributed by atoms with van der Waals surface area (Å²) in [6.45, 7) is 9.69. The maximum Gasteiger partial charge on any atom is 0.222 e. The Hall–Kier alpha value is -0.610. The molecule has 0 aromatic carbocycles. The van der Waals surface area contributed by atoms with E-state index in [0.717, 1.165) is 19.5 Å². The molecule has 4 nitrogen and oxygen atoms in total. The number of nitrogens with two attached hydrogens (primary N) is 1. The first-order chi connectivity index (χ1) is 7.67. The molecule has 0 spiro atoms. The Morgan fingerprint density at radius 1 is 1.35 bits per heavy atom. The van der Waals surface area contributed by atoms with E-state index in [0.29, 0.717) is 6.42 Å². The molecule has 2 N–H and O–H groups in total. The van der Waals surface area contributed by atoms with Crippen molar-refractivity contribution in [2.24, 2.45) is 5.73 Å². The summed E-state index contributed by atoms with van der Waals surface area (Å²) in [4.78, 5) is 16.1. The van der Waals surface area contributed by atoms with Crippen molar-refractivity contribution in [2.75, 3.05) is 27.2 Å². The highest BCUT2D eigenvalue weighted by Gasteiger charge is 2.21. The van der Waals surface area contributed by atoms with Crippen LogP contribution in [-0.4, -0.2) is 54.5 Å². The van der Waals surface area contributed by atoms with Crippen LogP contribution in [0.4, 0.5) is 0 Å². The third-order valence-corrected chi connectivity index (χ3v) is 2.81. The first kappa shape index (κ1) is 16.4. The molecule has 0 radical (unpaired) electrons. The smallest absolute Gasteiger partial charge is 0.222 e. The topological polar surface area (TPSA) is 49.6 Å². The van der Waals surface area contributed by atoms with Gasteiger partial charge in [0.25, 0.3) is 0 Å². The van der Waals surface area contributed by atoms with Crippen LogP contribution in [0.3, 0.4) is 0 Å². The molecule has 0 rings (SSSR count). The van der Waals surface area contributed by atoms with E-state index in [-0.39, 0.29) is 17.5 Å². The number of rotatable bonds is 7. The second-order valence-electron chi connectivity index (χ2n) is 5.78. The van der Waals surface area contributed by atoms with Crippen molar-refractivity contribution in [3.8, 4) is 0 Å². The van der Waals surface area contributed by atoms with Gasteiger partial charge in [-0.25, -0.2) is 0 Å². The van der Waals surface area contributed by atoms with E-state index in [2.05, 4.69) is 11.8 Å². The van der Waals surface area contributed by atoms with Crippen LogP contribution in [0.25, 0.3) is 0 Å². The van der Waals surface area contributed by atoms with Gasteiger partial charge in [-0.1, -0.05) is 0 Å². The van der Waals surface area contributed by atoms with Crippen LogP contribution in [0.15, 0.2) is 0 Å². The quantitative estimate of drug-likeness (QED) is 0.733. The molecule has 0 aromatic rings. The van der Waals surface area contributed by atoms with Crippen molar-refractivity contribution in [1.82, 2.24) is 9.80 Å². The number of carbonyl (C=O) groups is 1. The zero-order chi connectivity index (χ0) is 13.6. The van der Waals surface area contributed by atoms with Crippen LogP contribution < -0.4 is 5.73 Å². The molecule has 1 amide bonds. The fourth-order valence-corrected chi connectivity index (χ4v) is 1.93. The first-order valence-electron chi connectivity index (χ1n) is 6.40. The van der Waals surface area contributed by atoms with Crippen molar-refractivity contribution >= 4 is 5.91 Å². The Kier molecular flexibility index (Phi) is 6.72. The van der Waals surface area contributed by atoms with Gasteiger partial charge >= 0.3 is 0 Å². The Balaban J connectivity index is 4.30. The third kappa shape index (κ3) is 7.34. The Bertz CT molecular complexity index is 233. The van der Waals surface area contributed by atoms with Gasteiger partial charge in [-0.05, 0) is 48.2 Å². The van der Waals surface area contributed by atoms with Gasteiger partial charge in [0.1, 0.15) is 0 Å². The molecule has 17 heavy (non-hydrogen) atoms. The zero-order valence-electron chi connectivity index (χ0n) is 12.3. The Morgan fingerprint density at radius 3 is 2.24 bits per heavy atom. The molecule has 0 saturated heterocycles. The summed E-state index contributed by atoms with van der Waals surface area (Å²) in [5.41, 5.74) is 5.64. The molecule has 4 heteroatoms. The van der Waals surface area contributed by atoms with E-state index in [1.54, 1.807) is 0 Å². The van der Waals surface area contributed by atoms with Gasteiger partial charge in [-0.15, -0.1) is 0 Å². The summed E-state index contributed by atoms with van der Waals surface area (Å²) in [5.74, 6) is 0.209. The number of hydrogen-bond acceptors (Lipinski definition) is 3. The number of hydrogen-bond donors (Lipinski definition) is 1. The van der Waals surface area contributed by atoms with Crippen LogP contribution >= 0.6 is 0 Å². The average Bonchev–Trinajstić information content (AvgIpc) is 2.13. The minimum atomic E-state index is -0.264. The maximum absolute atomic E-state index is 12.1. The van der Waals surface area contributed by atoms with Crippen molar-refractivity contribution in [3.05, 3.63) is 0 Å². The van der Waals surface area contributed by atoms with E-state index < -0.39 is 0 Å². The van der Waals surface area contributed by atoms with Gasteiger partial charge in [0.15, 0.2) is 0 Å². The molecule has 1 unspecified atom stereocenters. The number of nitrogens with zero attached hydrogens (tertiary/aromatic N) is 2. The summed E-state index contributed by atoms with van der Waals surface area (Å²) < 4.78 is 0. The predicted octanol–water partition coefficient (Wildman–Crippen LogP) is 1.30. The van der Waals surface area contributed by atoms with E-state index in [1.165, 1.54) is 0 Å².